The van der Waals surface area contributed by atoms with Crippen LogP contribution in [0.25, 0.3) is 0 Å². The highest BCUT2D eigenvalue weighted by Gasteiger charge is 2.19. The molecule has 1 saturated heterocycles. The van der Waals surface area contributed by atoms with Gasteiger partial charge in [0.1, 0.15) is 11.8 Å². The van der Waals surface area contributed by atoms with Crippen molar-refractivity contribution in [2.75, 3.05) is 18.0 Å². The van der Waals surface area contributed by atoms with Gasteiger partial charge in [0, 0.05) is 13.1 Å². The van der Waals surface area contributed by atoms with E-state index in [0.717, 1.165) is 30.6 Å². The predicted octanol–water partition coefficient (Wildman–Crippen LogP) is 3.22. The number of anilines is 1. The normalized spacial score (nSPS) is 20.6. The number of aromatic nitrogens is 1. The Balaban J connectivity index is 2.03. The van der Waals surface area contributed by atoms with Crippen LogP contribution < -0.4 is 4.90 Å². The number of pyridine rings is 1. The van der Waals surface area contributed by atoms with Crippen LogP contribution in [-0.4, -0.2) is 18.1 Å². The van der Waals surface area contributed by atoms with Crippen molar-refractivity contribution in [3.8, 4) is 6.07 Å². The molecular formula is C15H21N3. The molecule has 96 valence electrons. The minimum absolute atomic E-state index is 0.494. The predicted molar refractivity (Wildman–Crippen MR) is 73.3 cm³/mol. The first-order valence-electron chi connectivity index (χ1n) is 6.82. The van der Waals surface area contributed by atoms with Gasteiger partial charge in [0.05, 0.1) is 11.9 Å². The SMILES string of the molecule is CC(C)C1CCCN(c2ccc(C#N)nc2)CC1. The lowest BCUT2D eigenvalue weighted by Gasteiger charge is -2.23. The van der Waals surface area contributed by atoms with Gasteiger partial charge in [0.25, 0.3) is 0 Å². The Bertz CT molecular complexity index is 416. The number of nitrogens with zero attached hydrogens (tertiary/aromatic N) is 3. The quantitative estimate of drug-likeness (QED) is 0.800. The Morgan fingerprint density at radius 1 is 1.33 bits per heavy atom. The van der Waals surface area contributed by atoms with Crippen LogP contribution in [0.3, 0.4) is 0 Å². The minimum Gasteiger partial charge on any atom is -0.370 e. The Kier molecular flexibility index (Phi) is 4.19. The Morgan fingerprint density at radius 3 is 2.78 bits per heavy atom. The fourth-order valence-corrected chi connectivity index (χ4v) is 2.69. The summed E-state index contributed by atoms with van der Waals surface area (Å²) in [6, 6.07) is 5.88. The first-order valence-corrected chi connectivity index (χ1v) is 6.82. The van der Waals surface area contributed by atoms with Crippen LogP contribution in [0, 0.1) is 23.2 Å². The van der Waals surface area contributed by atoms with Gasteiger partial charge in [0.2, 0.25) is 0 Å². The maximum atomic E-state index is 8.75. The zero-order chi connectivity index (χ0) is 13.0. The van der Waals surface area contributed by atoms with Crippen LogP contribution in [0.4, 0.5) is 5.69 Å². The van der Waals surface area contributed by atoms with Gasteiger partial charge in [-0.2, -0.15) is 5.26 Å². The smallest absolute Gasteiger partial charge is 0.140 e. The molecule has 3 nitrogen and oxygen atoms in total. The second-order valence-corrected chi connectivity index (χ2v) is 5.44. The van der Waals surface area contributed by atoms with Crippen molar-refractivity contribution in [1.82, 2.24) is 4.98 Å². The third-order valence-electron chi connectivity index (χ3n) is 3.94. The van der Waals surface area contributed by atoms with Crippen molar-refractivity contribution in [1.29, 1.82) is 5.26 Å². The molecule has 0 aromatic carbocycles. The van der Waals surface area contributed by atoms with Crippen molar-refractivity contribution in [3.05, 3.63) is 24.0 Å². The van der Waals surface area contributed by atoms with Gasteiger partial charge in [-0.1, -0.05) is 13.8 Å². The second kappa shape index (κ2) is 5.86. The molecule has 2 rings (SSSR count). The van der Waals surface area contributed by atoms with E-state index in [2.05, 4.69) is 29.8 Å². The summed E-state index contributed by atoms with van der Waals surface area (Å²) in [5, 5.41) is 8.75. The van der Waals surface area contributed by atoms with Gasteiger partial charge >= 0.3 is 0 Å². The van der Waals surface area contributed by atoms with Gasteiger partial charge in [-0.05, 0) is 43.2 Å². The summed E-state index contributed by atoms with van der Waals surface area (Å²) in [7, 11) is 0. The van der Waals surface area contributed by atoms with E-state index in [1.807, 2.05) is 12.3 Å². The van der Waals surface area contributed by atoms with Gasteiger partial charge < -0.3 is 4.90 Å². The average Bonchev–Trinajstić information content (AvgIpc) is 2.64. The fourth-order valence-electron chi connectivity index (χ4n) is 2.69. The van der Waals surface area contributed by atoms with E-state index in [4.69, 9.17) is 5.26 Å². The molecule has 0 radical (unpaired) electrons. The van der Waals surface area contributed by atoms with Crippen LogP contribution in [0.5, 0.6) is 0 Å². The van der Waals surface area contributed by atoms with E-state index in [9.17, 15) is 0 Å². The van der Waals surface area contributed by atoms with Crippen molar-refractivity contribution < 1.29 is 0 Å². The first kappa shape index (κ1) is 12.9. The van der Waals surface area contributed by atoms with Crippen LogP contribution in [-0.2, 0) is 0 Å². The summed E-state index contributed by atoms with van der Waals surface area (Å²) in [5.74, 6) is 1.63. The summed E-state index contributed by atoms with van der Waals surface area (Å²) < 4.78 is 0. The van der Waals surface area contributed by atoms with Crippen molar-refractivity contribution >= 4 is 5.69 Å². The molecule has 3 heteroatoms. The highest BCUT2D eigenvalue weighted by molar-refractivity contribution is 5.45. The van der Waals surface area contributed by atoms with Crippen molar-refractivity contribution in [3.63, 3.8) is 0 Å². The van der Waals surface area contributed by atoms with E-state index < -0.39 is 0 Å². The van der Waals surface area contributed by atoms with E-state index in [0.29, 0.717) is 5.69 Å². The standard InChI is InChI=1S/C15H21N3/c1-12(2)13-4-3-8-18(9-7-13)15-6-5-14(10-16)17-11-15/h5-6,11-13H,3-4,7-9H2,1-2H3. The topological polar surface area (TPSA) is 39.9 Å². The maximum absolute atomic E-state index is 8.75. The molecule has 1 aliphatic rings. The second-order valence-electron chi connectivity index (χ2n) is 5.44. The fraction of sp³-hybridized carbons (Fsp3) is 0.600. The first-order chi connectivity index (χ1) is 8.70. The molecule has 0 saturated carbocycles. The van der Waals surface area contributed by atoms with E-state index in [1.54, 1.807) is 6.07 Å². The maximum Gasteiger partial charge on any atom is 0.140 e. The molecule has 0 bridgehead atoms. The zero-order valence-corrected chi connectivity index (χ0v) is 11.3. The molecule has 0 spiro atoms. The van der Waals surface area contributed by atoms with Crippen LogP contribution in [0.15, 0.2) is 18.3 Å². The lowest BCUT2D eigenvalue weighted by atomic mass is 9.89. The van der Waals surface area contributed by atoms with Gasteiger partial charge in [0.15, 0.2) is 0 Å². The third-order valence-corrected chi connectivity index (χ3v) is 3.94. The molecule has 1 atom stereocenters. The summed E-state index contributed by atoms with van der Waals surface area (Å²) in [4.78, 5) is 6.55. The lowest BCUT2D eigenvalue weighted by Crippen LogP contribution is -2.24. The van der Waals surface area contributed by atoms with Gasteiger partial charge in [-0.3, -0.25) is 0 Å². The molecule has 1 aliphatic heterocycles. The largest absolute Gasteiger partial charge is 0.370 e. The molecule has 0 amide bonds. The molecular weight excluding hydrogens is 222 g/mol. The van der Waals surface area contributed by atoms with Gasteiger partial charge in [-0.25, -0.2) is 4.98 Å². The number of nitriles is 1. The zero-order valence-electron chi connectivity index (χ0n) is 11.3. The highest BCUT2D eigenvalue weighted by Crippen LogP contribution is 2.26. The van der Waals surface area contributed by atoms with E-state index in [-0.39, 0.29) is 0 Å². The molecule has 0 aliphatic carbocycles. The number of hydrogen-bond acceptors (Lipinski definition) is 3. The molecule has 1 aromatic rings. The molecule has 1 fully saturated rings. The summed E-state index contributed by atoms with van der Waals surface area (Å²) in [6.45, 7) is 6.86. The minimum atomic E-state index is 0.494. The highest BCUT2D eigenvalue weighted by atomic mass is 15.1. The molecule has 1 aromatic heterocycles. The van der Waals surface area contributed by atoms with Crippen LogP contribution >= 0.6 is 0 Å². The van der Waals surface area contributed by atoms with Crippen LogP contribution in [0.2, 0.25) is 0 Å². The van der Waals surface area contributed by atoms with Crippen molar-refractivity contribution in [2.45, 2.75) is 33.1 Å². The Hall–Kier alpha value is -1.56. The molecule has 1 unspecified atom stereocenters. The number of rotatable bonds is 2. The number of hydrogen-bond donors (Lipinski definition) is 0. The molecule has 2 heterocycles. The summed E-state index contributed by atoms with van der Waals surface area (Å²) in [5.41, 5.74) is 1.65. The third kappa shape index (κ3) is 3.01. The van der Waals surface area contributed by atoms with Crippen LogP contribution in [0.1, 0.15) is 38.8 Å². The van der Waals surface area contributed by atoms with Crippen molar-refractivity contribution in [2.24, 2.45) is 11.8 Å². The van der Waals surface area contributed by atoms with E-state index >= 15 is 0 Å². The average molecular weight is 243 g/mol. The van der Waals surface area contributed by atoms with E-state index in [1.165, 1.54) is 19.3 Å². The summed E-state index contributed by atoms with van der Waals surface area (Å²) >= 11 is 0. The Labute approximate surface area is 109 Å². The van der Waals surface area contributed by atoms with Gasteiger partial charge in [-0.15, -0.1) is 0 Å². The summed E-state index contributed by atoms with van der Waals surface area (Å²) in [6.07, 6.45) is 5.67. The lowest BCUT2D eigenvalue weighted by molar-refractivity contribution is 0.351. The molecule has 18 heavy (non-hydrogen) atoms. The Morgan fingerprint density at radius 2 is 2.17 bits per heavy atom. The molecule has 0 N–H and O–H groups in total. The monoisotopic (exact) mass is 243 g/mol.